The van der Waals surface area contributed by atoms with Gasteiger partial charge in [-0.15, -0.1) is 0 Å². The first kappa shape index (κ1) is 39.8. The van der Waals surface area contributed by atoms with E-state index in [4.69, 9.17) is 48.7 Å². The molecule has 0 aromatic carbocycles. The number of hydrogen-bond donors (Lipinski definition) is 2. The molecule has 2 fully saturated rings. The summed E-state index contributed by atoms with van der Waals surface area (Å²) in [5.41, 5.74) is 5.58. The van der Waals surface area contributed by atoms with Crippen LogP contribution in [0.2, 0.25) is 0 Å². The molecule has 6 atom stereocenters. The highest BCUT2D eigenvalue weighted by atomic mass is 31.2. The van der Waals surface area contributed by atoms with Crippen molar-refractivity contribution in [3.8, 4) is 5.88 Å². The maximum absolute atomic E-state index is 17.3. The first-order valence-corrected chi connectivity index (χ1v) is 17.1. The molecular weight excluding hydrogens is 713 g/mol. The van der Waals surface area contributed by atoms with Gasteiger partial charge in [-0.1, -0.05) is 13.8 Å². The number of phosphoric acid groups is 1. The van der Waals surface area contributed by atoms with E-state index in [-0.39, 0.29) is 29.6 Å². The van der Waals surface area contributed by atoms with Crippen molar-refractivity contribution in [2.75, 3.05) is 25.9 Å². The molecular formula is C28H41F2N6O14P. The van der Waals surface area contributed by atoms with E-state index < -0.39 is 93.3 Å². The van der Waals surface area contributed by atoms with Crippen LogP contribution in [0.3, 0.4) is 0 Å². The highest BCUT2D eigenvalue weighted by Gasteiger charge is 2.99. The van der Waals surface area contributed by atoms with Crippen LogP contribution in [0.4, 0.5) is 24.3 Å². The van der Waals surface area contributed by atoms with Crippen molar-refractivity contribution in [3.05, 3.63) is 6.33 Å². The number of fused-ring (bicyclic) bond motifs is 2. The van der Waals surface area contributed by atoms with Crippen LogP contribution in [0, 0.1) is 5.92 Å². The highest BCUT2D eigenvalue weighted by molar-refractivity contribution is 7.48. The van der Waals surface area contributed by atoms with E-state index in [0.29, 0.717) is 0 Å². The summed E-state index contributed by atoms with van der Waals surface area (Å²) in [6.07, 6.45) is -7.08. The minimum Gasteiger partial charge on any atom is -0.476 e. The van der Waals surface area contributed by atoms with Gasteiger partial charge in [0.25, 0.3) is 5.85 Å². The molecule has 0 radical (unpaired) electrons. The number of nitrogens with zero attached hydrogens (tertiary/aromatic N) is 4. The lowest BCUT2D eigenvalue weighted by molar-refractivity contribution is -0.204. The summed E-state index contributed by atoms with van der Waals surface area (Å²) >= 11 is 0. The van der Waals surface area contributed by atoms with Crippen molar-refractivity contribution < 1.29 is 74.5 Å². The molecule has 1 saturated carbocycles. The van der Waals surface area contributed by atoms with Gasteiger partial charge in [0.05, 0.1) is 25.1 Å². The van der Waals surface area contributed by atoms with Crippen molar-refractivity contribution in [3.63, 3.8) is 0 Å². The van der Waals surface area contributed by atoms with Gasteiger partial charge < -0.3 is 44.6 Å². The number of imidazole rings is 1. The molecule has 2 aromatic heterocycles. The number of carbonyl (C=O) groups is 3. The zero-order chi connectivity index (χ0) is 38.1. The lowest BCUT2D eigenvalue weighted by atomic mass is 9.95. The van der Waals surface area contributed by atoms with Crippen LogP contribution in [0.5, 0.6) is 5.88 Å². The molecule has 1 aliphatic heterocycles. The standard InChI is InChI=1S/C28H41F2N6O14P/c1-9-41-19-17-18(34-23(32)35-19)36(10-33-17)22-26(8,48-20(37)16(31)13(2)3)27(29)21(28(27,30)49-22)50-51(40,44-11-42-24(38)46-14(4)5)45-12-43-25(39)47-15(6)7/h10,13-16,21-22H,9,11-12,31H2,1-8H3,(H2,32,34,35)/t16?,21?,22-,26+,27+,28-/m1/s1. The third-order valence-electron chi connectivity index (χ3n) is 7.51. The van der Waals surface area contributed by atoms with Gasteiger partial charge in [-0.2, -0.15) is 9.97 Å². The van der Waals surface area contributed by atoms with Gasteiger partial charge in [-0.3, -0.25) is 13.9 Å². The predicted octanol–water partition coefficient (Wildman–Crippen LogP) is 3.57. The molecule has 0 bridgehead atoms. The van der Waals surface area contributed by atoms with Gasteiger partial charge in [0.15, 0.2) is 29.1 Å². The summed E-state index contributed by atoms with van der Waals surface area (Å²) in [6, 6.07) is -1.32. The number of aromatic nitrogens is 4. The van der Waals surface area contributed by atoms with Crippen LogP contribution in [-0.2, 0) is 51.4 Å². The van der Waals surface area contributed by atoms with Gasteiger partial charge in [-0.25, -0.2) is 37.0 Å². The van der Waals surface area contributed by atoms with Crippen LogP contribution in [0.25, 0.3) is 11.2 Å². The first-order valence-electron chi connectivity index (χ1n) is 15.6. The lowest BCUT2D eigenvalue weighted by Gasteiger charge is -2.36. The van der Waals surface area contributed by atoms with E-state index in [1.807, 2.05) is 0 Å². The maximum Gasteiger partial charge on any atom is 0.510 e. The molecule has 4 N–H and O–H groups in total. The van der Waals surface area contributed by atoms with Gasteiger partial charge >= 0.3 is 26.1 Å². The van der Waals surface area contributed by atoms with Gasteiger partial charge in [0.2, 0.25) is 31.1 Å². The van der Waals surface area contributed by atoms with Crippen molar-refractivity contribution in [2.45, 2.75) is 103 Å². The molecule has 2 aromatic rings. The first-order chi connectivity index (χ1) is 23.7. The quantitative estimate of drug-likeness (QED) is 0.107. The number of phosphoric ester groups is 1. The molecule has 286 valence electrons. The largest absolute Gasteiger partial charge is 0.510 e. The molecule has 1 aliphatic carbocycles. The second kappa shape index (κ2) is 15.0. The van der Waals surface area contributed by atoms with E-state index in [0.717, 1.165) is 17.8 Å². The zero-order valence-corrected chi connectivity index (χ0v) is 29.9. The molecule has 0 amide bonds. The summed E-state index contributed by atoms with van der Waals surface area (Å²) in [5.74, 6) is -5.56. The van der Waals surface area contributed by atoms with E-state index in [2.05, 4.69) is 24.4 Å². The Hall–Kier alpha value is -3.95. The van der Waals surface area contributed by atoms with Gasteiger partial charge in [-0.05, 0) is 47.5 Å². The van der Waals surface area contributed by atoms with Crippen LogP contribution in [0.1, 0.15) is 61.6 Å². The number of ether oxygens (including phenoxy) is 7. The normalized spacial score (nSPS) is 26.2. The Labute approximate surface area is 290 Å². The number of esters is 1. The van der Waals surface area contributed by atoms with Crippen molar-refractivity contribution in [1.82, 2.24) is 19.5 Å². The van der Waals surface area contributed by atoms with Gasteiger partial charge in [0, 0.05) is 0 Å². The number of nitrogens with two attached hydrogens (primary N) is 2. The number of rotatable bonds is 16. The average Bonchev–Trinajstić information content (AvgIpc) is 3.25. The van der Waals surface area contributed by atoms with E-state index >= 15 is 8.78 Å². The summed E-state index contributed by atoms with van der Waals surface area (Å²) in [5, 5.41) is 0. The smallest absolute Gasteiger partial charge is 0.476 e. The Morgan fingerprint density at radius 1 is 1.02 bits per heavy atom. The number of alkyl halides is 2. The van der Waals surface area contributed by atoms with E-state index in [1.165, 1.54) is 27.7 Å². The van der Waals surface area contributed by atoms with Crippen LogP contribution in [0.15, 0.2) is 6.33 Å². The SMILES string of the molecule is CCOc1nc(N)nc2c1ncn2[C@@H]1O[C@]2(F)C(OP(=O)(OCOC(=O)OC(C)C)OCOC(=O)OC(C)C)[C@]2(F)[C@@]1(C)OC(=O)C(N)C(C)C. The monoisotopic (exact) mass is 754 g/mol. The second-order valence-electron chi connectivity index (χ2n) is 12.3. The second-order valence-corrected chi connectivity index (χ2v) is 13.9. The topological polar surface area (TPSA) is 256 Å². The molecule has 51 heavy (non-hydrogen) atoms. The van der Waals surface area contributed by atoms with E-state index in [1.54, 1.807) is 20.8 Å². The van der Waals surface area contributed by atoms with Crippen molar-refractivity contribution >= 4 is 43.2 Å². The molecule has 3 heterocycles. The molecule has 20 nitrogen and oxygen atoms in total. The van der Waals surface area contributed by atoms with Crippen molar-refractivity contribution in [1.29, 1.82) is 0 Å². The highest BCUT2D eigenvalue weighted by Crippen LogP contribution is 2.75. The Kier molecular flexibility index (Phi) is 11.7. The summed E-state index contributed by atoms with van der Waals surface area (Å²) < 4.78 is 99.5. The van der Waals surface area contributed by atoms with Crippen LogP contribution < -0.4 is 16.2 Å². The number of hydrogen-bond acceptors (Lipinski definition) is 19. The Balaban J connectivity index is 1.69. The van der Waals surface area contributed by atoms with Crippen LogP contribution >= 0.6 is 7.82 Å². The van der Waals surface area contributed by atoms with E-state index in [9.17, 15) is 18.9 Å². The number of anilines is 1. The predicted molar refractivity (Wildman–Crippen MR) is 166 cm³/mol. The third kappa shape index (κ3) is 7.80. The van der Waals surface area contributed by atoms with Gasteiger partial charge in [0.1, 0.15) is 6.04 Å². The third-order valence-corrected chi connectivity index (χ3v) is 8.82. The minimum absolute atomic E-state index is 0.0229. The minimum atomic E-state index is -5.26. The zero-order valence-electron chi connectivity index (χ0n) is 29.0. The summed E-state index contributed by atoms with van der Waals surface area (Å²) in [7, 11) is -5.26. The molecule has 0 spiro atoms. The average molecular weight is 755 g/mol. The number of nitrogen functional groups attached to an aromatic ring is 1. The summed E-state index contributed by atoms with van der Waals surface area (Å²) in [4.78, 5) is 49.2. The fourth-order valence-electron chi connectivity index (χ4n) is 4.96. The van der Waals surface area contributed by atoms with Crippen molar-refractivity contribution in [2.24, 2.45) is 11.7 Å². The number of carbonyl (C=O) groups excluding carboxylic acids is 3. The molecule has 2 aliphatic rings. The summed E-state index contributed by atoms with van der Waals surface area (Å²) in [6.45, 7) is 9.65. The van der Waals surface area contributed by atoms with Crippen LogP contribution in [-0.4, -0.2) is 99.5 Å². The maximum atomic E-state index is 17.3. The number of halogens is 2. The molecule has 2 unspecified atom stereocenters. The molecule has 23 heteroatoms. The molecule has 4 rings (SSSR count). The Morgan fingerprint density at radius 2 is 1.59 bits per heavy atom. The lowest BCUT2D eigenvalue weighted by Crippen LogP contribution is -2.53. The molecule has 1 saturated heterocycles. The Morgan fingerprint density at radius 3 is 2.10 bits per heavy atom. The fourth-order valence-corrected chi connectivity index (χ4v) is 6.06. The fraction of sp³-hybridized carbons (Fsp3) is 0.714. The Bertz CT molecular complexity index is 1630.